The van der Waals surface area contributed by atoms with Gasteiger partial charge in [-0.3, -0.25) is 5.32 Å². The van der Waals surface area contributed by atoms with Crippen LogP contribution in [0.3, 0.4) is 0 Å². The fourth-order valence-electron chi connectivity index (χ4n) is 2.24. The van der Waals surface area contributed by atoms with Crippen LogP contribution in [0, 0.1) is 0 Å². The van der Waals surface area contributed by atoms with Crippen molar-refractivity contribution in [2.24, 2.45) is 0 Å². The van der Waals surface area contributed by atoms with Gasteiger partial charge in [0.2, 0.25) is 0 Å². The van der Waals surface area contributed by atoms with Gasteiger partial charge < -0.3 is 9.84 Å². The van der Waals surface area contributed by atoms with Gasteiger partial charge in [0.1, 0.15) is 5.54 Å². The first-order valence-electron chi connectivity index (χ1n) is 5.90. The lowest BCUT2D eigenvalue weighted by Crippen LogP contribution is -2.52. The summed E-state index contributed by atoms with van der Waals surface area (Å²) in [6.45, 7) is 1.03. The van der Waals surface area contributed by atoms with Crippen molar-refractivity contribution in [1.82, 2.24) is 5.32 Å². The van der Waals surface area contributed by atoms with Crippen molar-refractivity contribution in [3.8, 4) is 0 Å². The van der Waals surface area contributed by atoms with Gasteiger partial charge in [-0.15, -0.1) is 11.8 Å². The molecule has 0 spiro atoms. The molecule has 5 heteroatoms. The zero-order valence-electron chi connectivity index (χ0n) is 10.3. The number of carboxylic acid groups (broad SMARTS) is 1. The van der Waals surface area contributed by atoms with E-state index >= 15 is 0 Å². The summed E-state index contributed by atoms with van der Waals surface area (Å²) in [6, 6.07) is 7.71. The molecule has 0 aromatic heterocycles. The van der Waals surface area contributed by atoms with E-state index in [0.717, 1.165) is 16.2 Å². The first-order chi connectivity index (χ1) is 8.70. The Hall–Kier alpha value is -1.04. The molecule has 1 aromatic rings. The summed E-state index contributed by atoms with van der Waals surface area (Å²) in [5.74, 6) is -0.00474. The molecule has 1 aromatic carbocycles. The van der Waals surface area contributed by atoms with Crippen LogP contribution >= 0.6 is 11.8 Å². The molecule has 18 heavy (non-hydrogen) atoms. The van der Waals surface area contributed by atoms with Crippen LogP contribution in [0.1, 0.15) is 12.0 Å². The Labute approximate surface area is 111 Å². The fourth-order valence-corrected chi connectivity index (χ4v) is 3.44. The highest BCUT2D eigenvalue weighted by molar-refractivity contribution is 7.99. The minimum atomic E-state index is -0.972. The van der Waals surface area contributed by atoms with Crippen molar-refractivity contribution in [1.29, 1.82) is 0 Å². The number of ether oxygens (including phenoxy) is 1. The third-order valence-electron chi connectivity index (χ3n) is 3.18. The van der Waals surface area contributed by atoms with Crippen LogP contribution in [-0.4, -0.2) is 37.1 Å². The molecule has 1 unspecified atom stereocenters. The van der Waals surface area contributed by atoms with Crippen molar-refractivity contribution in [3.63, 3.8) is 0 Å². The molecule has 98 valence electrons. The highest BCUT2D eigenvalue weighted by atomic mass is 32.2. The molecular weight excluding hydrogens is 250 g/mol. The van der Waals surface area contributed by atoms with Crippen LogP contribution in [0.15, 0.2) is 29.2 Å². The van der Waals surface area contributed by atoms with E-state index in [0.29, 0.717) is 19.6 Å². The van der Waals surface area contributed by atoms with E-state index in [1.54, 1.807) is 18.9 Å². The minimum Gasteiger partial charge on any atom is -0.480 e. The number of benzene rings is 1. The van der Waals surface area contributed by atoms with Gasteiger partial charge in [0.25, 0.3) is 0 Å². The Morgan fingerprint density at radius 1 is 1.56 bits per heavy atom. The Kier molecular flexibility index (Phi) is 4.27. The molecular formula is C13H17NO3S. The molecule has 1 aliphatic rings. The molecule has 0 amide bonds. The number of nitrogens with one attached hydrogen (secondary N) is 1. The van der Waals surface area contributed by atoms with Crippen molar-refractivity contribution in [2.75, 3.05) is 26.0 Å². The Balaban J connectivity index is 2.33. The van der Waals surface area contributed by atoms with Crippen molar-refractivity contribution in [2.45, 2.75) is 16.9 Å². The lowest BCUT2D eigenvalue weighted by Gasteiger charge is -2.35. The molecule has 0 bridgehead atoms. The van der Waals surface area contributed by atoms with Gasteiger partial charge in [-0.2, -0.15) is 0 Å². The number of carbonyl (C=O) groups is 1. The van der Waals surface area contributed by atoms with Crippen LogP contribution in [0.5, 0.6) is 0 Å². The molecule has 1 aliphatic heterocycles. The zero-order valence-corrected chi connectivity index (χ0v) is 11.1. The molecule has 0 saturated carbocycles. The van der Waals surface area contributed by atoms with E-state index in [1.807, 2.05) is 24.3 Å². The van der Waals surface area contributed by atoms with Gasteiger partial charge in [-0.1, -0.05) is 18.2 Å². The number of methoxy groups -OCH3 is 1. The lowest BCUT2D eigenvalue weighted by molar-refractivity contribution is -0.145. The minimum absolute atomic E-state index is 0.504. The molecule has 2 N–H and O–H groups in total. The summed E-state index contributed by atoms with van der Waals surface area (Å²) in [5.41, 5.74) is -0.106. The molecule has 0 aliphatic carbocycles. The highest BCUT2D eigenvalue weighted by Crippen LogP contribution is 2.40. The summed E-state index contributed by atoms with van der Waals surface area (Å²) in [6.07, 6.45) is 0.591. The largest absolute Gasteiger partial charge is 0.480 e. The summed E-state index contributed by atoms with van der Waals surface area (Å²) in [7, 11) is 1.61. The molecule has 0 radical (unpaired) electrons. The standard InChI is InChI=1S/C13H17NO3S/c1-17-8-7-14-13(12(15)16)6-9-18-11-5-3-2-4-10(11)13/h2-5,14H,6-9H2,1H3,(H,15,16). The third kappa shape index (κ3) is 2.39. The number of aliphatic carboxylic acids is 1. The van der Waals surface area contributed by atoms with Gasteiger partial charge >= 0.3 is 5.97 Å². The average Bonchev–Trinajstić information content (AvgIpc) is 2.39. The molecule has 1 atom stereocenters. The van der Waals surface area contributed by atoms with Crippen LogP contribution in [0.2, 0.25) is 0 Å². The molecule has 2 rings (SSSR count). The maximum atomic E-state index is 11.7. The lowest BCUT2D eigenvalue weighted by atomic mass is 9.86. The fraction of sp³-hybridized carbons (Fsp3) is 0.462. The van der Waals surface area contributed by atoms with Crippen LogP contribution in [0.4, 0.5) is 0 Å². The smallest absolute Gasteiger partial charge is 0.328 e. The normalized spacial score (nSPS) is 22.5. The second-order valence-corrected chi connectivity index (χ2v) is 5.36. The number of carboxylic acids is 1. The van der Waals surface area contributed by atoms with Crippen LogP contribution in [-0.2, 0) is 15.1 Å². The number of fused-ring (bicyclic) bond motifs is 1. The predicted octanol–water partition coefficient (Wildman–Crippen LogP) is 1.70. The average molecular weight is 267 g/mol. The van der Waals surface area contributed by atoms with Gasteiger partial charge in [0.15, 0.2) is 0 Å². The first kappa shape index (κ1) is 13.4. The van der Waals surface area contributed by atoms with Gasteiger partial charge in [0, 0.05) is 24.3 Å². The summed E-state index contributed by atoms with van der Waals surface area (Å²) in [4.78, 5) is 12.8. The van der Waals surface area contributed by atoms with Crippen molar-refractivity contribution < 1.29 is 14.6 Å². The number of hydrogen-bond donors (Lipinski definition) is 2. The van der Waals surface area contributed by atoms with Gasteiger partial charge in [0.05, 0.1) is 6.61 Å². The van der Waals surface area contributed by atoms with Gasteiger partial charge in [-0.05, 0) is 18.1 Å². The van der Waals surface area contributed by atoms with E-state index in [4.69, 9.17) is 4.74 Å². The van der Waals surface area contributed by atoms with Crippen LogP contribution in [0.25, 0.3) is 0 Å². The quantitative estimate of drug-likeness (QED) is 0.795. The van der Waals surface area contributed by atoms with E-state index in [9.17, 15) is 9.90 Å². The summed E-state index contributed by atoms with van der Waals surface area (Å²) < 4.78 is 4.98. The maximum absolute atomic E-state index is 11.7. The van der Waals surface area contributed by atoms with Crippen molar-refractivity contribution >= 4 is 17.7 Å². The van der Waals surface area contributed by atoms with Crippen molar-refractivity contribution in [3.05, 3.63) is 29.8 Å². The Morgan fingerprint density at radius 2 is 2.33 bits per heavy atom. The molecule has 0 saturated heterocycles. The monoisotopic (exact) mass is 267 g/mol. The molecule has 0 fully saturated rings. The zero-order chi connectivity index (χ0) is 13.0. The van der Waals surface area contributed by atoms with Gasteiger partial charge in [-0.25, -0.2) is 4.79 Å². The Bertz CT molecular complexity index is 438. The molecule has 4 nitrogen and oxygen atoms in total. The Morgan fingerprint density at radius 3 is 3.06 bits per heavy atom. The summed E-state index contributed by atoms with van der Waals surface area (Å²) >= 11 is 1.71. The molecule has 1 heterocycles. The summed E-state index contributed by atoms with van der Waals surface area (Å²) in [5, 5.41) is 12.8. The number of rotatable bonds is 5. The number of hydrogen-bond acceptors (Lipinski definition) is 4. The number of thioether (sulfide) groups is 1. The second-order valence-electron chi connectivity index (χ2n) is 4.22. The first-order valence-corrected chi connectivity index (χ1v) is 6.89. The van der Waals surface area contributed by atoms with E-state index in [1.165, 1.54) is 0 Å². The predicted molar refractivity (Wildman–Crippen MR) is 71.0 cm³/mol. The third-order valence-corrected chi connectivity index (χ3v) is 4.25. The van der Waals surface area contributed by atoms with E-state index < -0.39 is 11.5 Å². The maximum Gasteiger partial charge on any atom is 0.328 e. The highest BCUT2D eigenvalue weighted by Gasteiger charge is 2.43. The second kappa shape index (κ2) is 5.73. The van der Waals surface area contributed by atoms with Crippen LogP contribution < -0.4 is 5.32 Å². The topological polar surface area (TPSA) is 58.6 Å². The van der Waals surface area contributed by atoms with E-state index in [2.05, 4.69) is 5.32 Å². The SMILES string of the molecule is COCCNC1(C(=O)O)CCSc2ccccc21. The van der Waals surface area contributed by atoms with E-state index in [-0.39, 0.29) is 0 Å².